The number of carbonyl (C=O) groups excluding carboxylic acids is 1. The average molecular weight is 159 g/mol. The Morgan fingerprint density at radius 3 is 2.73 bits per heavy atom. The van der Waals surface area contributed by atoms with Gasteiger partial charge in [0.05, 0.1) is 0 Å². The molecule has 0 rings (SSSR count). The van der Waals surface area contributed by atoms with Gasteiger partial charge >= 0.3 is 0 Å². The molecule has 0 saturated carbocycles. The van der Waals surface area contributed by atoms with Gasteiger partial charge in [-0.3, -0.25) is 4.79 Å². The summed E-state index contributed by atoms with van der Waals surface area (Å²) in [5.41, 5.74) is 0.337. The first-order valence-corrected chi connectivity index (χ1v) is 3.34. The predicted molar refractivity (Wildman–Crippen MR) is 40.6 cm³/mol. The molecule has 0 aromatic rings. The number of carbonyl (C=O) groups is 1. The first-order chi connectivity index (χ1) is 5.07. The van der Waals surface area contributed by atoms with Crippen molar-refractivity contribution in [1.82, 2.24) is 5.32 Å². The van der Waals surface area contributed by atoms with Crippen LogP contribution in [0.2, 0.25) is 0 Å². The fourth-order valence-corrected chi connectivity index (χ4v) is 0.435. The van der Waals surface area contributed by atoms with Crippen molar-refractivity contribution in [3.8, 4) is 0 Å². The summed E-state index contributed by atoms with van der Waals surface area (Å²) < 4.78 is 4.65. The zero-order valence-electron chi connectivity index (χ0n) is 6.76. The van der Waals surface area contributed by atoms with Gasteiger partial charge in [-0.05, 0) is 13.8 Å². The predicted octanol–water partition coefficient (Wildman–Crippen LogP) is -0.00890. The lowest BCUT2D eigenvalue weighted by Gasteiger charge is -2.11. The SMILES string of the molecule is C=C(C)C(=O)N[C@@H](O)OCC. The zero-order valence-corrected chi connectivity index (χ0v) is 6.76. The van der Waals surface area contributed by atoms with Crippen LogP contribution in [0, 0.1) is 0 Å². The van der Waals surface area contributed by atoms with Crippen molar-refractivity contribution in [2.24, 2.45) is 0 Å². The van der Waals surface area contributed by atoms with E-state index in [4.69, 9.17) is 5.11 Å². The first kappa shape index (κ1) is 10.1. The summed E-state index contributed by atoms with van der Waals surface area (Å²) in [5.74, 6) is -0.411. The summed E-state index contributed by atoms with van der Waals surface area (Å²) in [6, 6.07) is 0. The van der Waals surface area contributed by atoms with Crippen LogP contribution in [0.25, 0.3) is 0 Å². The van der Waals surface area contributed by atoms with E-state index in [1.165, 1.54) is 0 Å². The van der Waals surface area contributed by atoms with Crippen molar-refractivity contribution in [3.63, 3.8) is 0 Å². The highest BCUT2D eigenvalue weighted by Gasteiger charge is 2.07. The molecule has 11 heavy (non-hydrogen) atoms. The third-order valence-electron chi connectivity index (χ3n) is 0.967. The lowest BCUT2D eigenvalue weighted by Crippen LogP contribution is -2.36. The quantitative estimate of drug-likeness (QED) is 0.448. The van der Waals surface area contributed by atoms with Gasteiger partial charge in [0.2, 0.25) is 12.3 Å². The number of nitrogens with one attached hydrogen (secondary N) is 1. The largest absolute Gasteiger partial charge is 0.351 e. The van der Waals surface area contributed by atoms with Crippen LogP contribution < -0.4 is 5.32 Å². The average Bonchev–Trinajstić information content (AvgIpc) is 1.87. The maximum absolute atomic E-state index is 10.8. The monoisotopic (exact) mass is 159 g/mol. The number of amides is 1. The molecule has 4 heteroatoms. The minimum Gasteiger partial charge on any atom is -0.351 e. The van der Waals surface area contributed by atoms with Crippen molar-refractivity contribution in [2.75, 3.05) is 6.61 Å². The number of hydrogen-bond acceptors (Lipinski definition) is 3. The molecule has 64 valence electrons. The van der Waals surface area contributed by atoms with E-state index in [-0.39, 0.29) is 0 Å². The van der Waals surface area contributed by atoms with Gasteiger partial charge in [0, 0.05) is 12.2 Å². The van der Waals surface area contributed by atoms with Gasteiger partial charge in [-0.15, -0.1) is 0 Å². The lowest BCUT2D eigenvalue weighted by atomic mass is 10.3. The molecule has 0 unspecified atom stereocenters. The number of ether oxygens (including phenoxy) is 1. The second kappa shape index (κ2) is 4.87. The molecule has 1 amide bonds. The van der Waals surface area contributed by atoms with Crippen molar-refractivity contribution in [3.05, 3.63) is 12.2 Å². The molecule has 2 N–H and O–H groups in total. The summed E-state index contributed by atoms with van der Waals surface area (Å²) in [6.45, 7) is 7.00. The van der Waals surface area contributed by atoms with Crippen LogP contribution in [0.5, 0.6) is 0 Å². The van der Waals surface area contributed by atoms with Crippen molar-refractivity contribution in [2.45, 2.75) is 20.3 Å². The number of rotatable bonds is 4. The van der Waals surface area contributed by atoms with Crippen LogP contribution in [0.4, 0.5) is 0 Å². The van der Waals surface area contributed by atoms with Gasteiger partial charge in [0.1, 0.15) is 0 Å². The van der Waals surface area contributed by atoms with Crippen LogP contribution >= 0.6 is 0 Å². The molecule has 0 bridgehead atoms. The fraction of sp³-hybridized carbons (Fsp3) is 0.571. The van der Waals surface area contributed by atoms with E-state index in [9.17, 15) is 4.79 Å². The van der Waals surface area contributed by atoms with E-state index in [2.05, 4.69) is 16.6 Å². The summed E-state index contributed by atoms with van der Waals surface area (Å²) >= 11 is 0. The Balaban J connectivity index is 3.66. The molecular formula is C7H13NO3. The van der Waals surface area contributed by atoms with E-state index in [1.54, 1.807) is 13.8 Å². The molecular weight excluding hydrogens is 146 g/mol. The van der Waals surface area contributed by atoms with E-state index in [1.807, 2.05) is 0 Å². The van der Waals surface area contributed by atoms with Crippen LogP contribution in [0.1, 0.15) is 13.8 Å². The van der Waals surface area contributed by atoms with Gasteiger partial charge in [0.15, 0.2) is 0 Å². The Hall–Kier alpha value is -0.870. The maximum Gasteiger partial charge on any atom is 0.250 e. The Labute approximate surface area is 65.9 Å². The maximum atomic E-state index is 10.8. The second-order valence-corrected chi connectivity index (χ2v) is 2.06. The standard InChI is InChI=1S/C7H13NO3/c1-4-11-7(10)8-6(9)5(2)3/h7,10H,2,4H2,1,3H3,(H,8,9)/t7-/m0/s1. The molecule has 0 aliphatic heterocycles. The Kier molecular flexibility index (Phi) is 4.49. The van der Waals surface area contributed by atoms with E-state index >= 15 is 0 Å². The van der Waals surface area contributed by atoms with Gasteiger partial charge < -0.3 is 15.2 Å². The minimum atomic E-state index is -1.23. The van der Waals surface area contributed by atoms with Crippen molar-refractivity contribution >= 4 is 5.91 Å². The molecule has 0 spiro atoms. The third kappa shape index (κ3) is 4.52. The summed E-state index contributed by atoms with van der Waals surface area (Å²) in [7, 11) is 0. The minimum absolute atomic E-state index is 0.337. The van der Waals surface area contributed by atoms with Crippen molar-refractivity contribution < 1.29 is 14.6 Å². The van der Waals surface area contributed by atoms with Crippen LogP contribution in [0.3, 0.4) is 0 Å². The second-order valence-electron chi connectivity index (χ2n) is 2.06. The first-order valence-electron chi connectivity index (χ1n) is 3.34. The lowest BCUT2D eigenvalue weighted by molar-refractivity contribution is -0.142. The highest BCUT2D eigenvalue weighted by atomic mass is 16.6. The molecule has 0 radical (unpaired) electrons. The van der Waals surface area contributed by atoms with Crippen LogP contribution in [-0.2, 0) is 9.53 Å². The number of hydrogen-bond donors (Lipinski definition) is 2. The van der Waals surface area contributed by atoms with Gasteiger partial charge in [-0.1, -0.05) is 6.58 Å². The normalized spacial score (nSPS) is 12.3. The van der Waals surface area contributed by atoms with E-state index in [0.717, 1.165) is 0 Å². The van der Waals surface area contributed by atoms with Crippen LogP contribution in [-0.4, -0.2) is 24.0 Å². The van der Waals surface area contributed by atoms with E-state index in [0.29, 0.717) is 12.2 Å². The molecule has 0 saturated heterocycles. The molecule has 0 aromatic carbocycles. The molecule has 0 aromatic heterocycles. The van der Waals surface area contributed by atoms with Crippen LogP contribution in [0.15, 0.2) is 12.2 Å². The molecule has 0 fully saturated rings. The molecule has 0 aliphatic carbocycles. The smallest absolute Gasteiger partial charge is 0.250 e. The van der Waals surface area contributed by atoms with Gasteiger partial charge in [0.25, 0.3) is 0 Å². The molecule has 4 nitrogen and oxygen atoms in total. The zero-order chi connectivity index (χ0) is 8.85. The third-order valence-corrected chi connectivity index (χ3v) is 0.967. The Morgan fingerprint density at radius 1 is 1.82 bits per heavy atom. The molecule has 0 aliphatic rings. The fourth-order valence-electron chi connectivity index (χ4n) is 0.435. The highest BCUT2D eigenvalue weighted by Crippen LogP contribution is 1.88. The molecule has 1 atom stereocenters. The summed E-state index contributed by atoms with van der Waals surface area (Å²) in [6.07, 6.45) is -1.23. The highest BCUT2D eigenvalue weighted by molar-refractivity contribution is 5.92. The summed E-state index contributed by atoms with van der Waals surface area (Å²) in [5, 5.41) is 11.0. The number of aliphatic hydroxyl groups excluding tert-OH is 1. The summed E-state index contributed by atoms with van der Waals surface area (Å²) in [4.78, 5) is 10.8. The van der Waals surface area contributed by atoms with Gasteiger partial charge in [-0.2, -0.15) is 0 Å². The molecule has 0 heterocycles. The Bertz CT molecular complexity index is 156. The number of aliphatic hydroxyl groups is 1. The van der Waals surface area contributed by atoms with E-state index < -0.39 is 12.3 Å². The van der Waals surface area contributed by atoms with Gasteiger partial charge in [-0.25, -0.2) is 0 Å². The topological polar surface area (TPSA) is 58.6 Å². The Morgan fingerprint density at radius 2 is 2.36 bits per heavy atom. The van der Waals surface area contributed by atoms with Crippen molar-refractivity contribution in [1.29, 1.82) is 0 Å².